The van der Waals surface area contributed by atoms with Gasteiger partial charge >= 0.3 is 0 Å². The molecule has 2 aromatic heterocycles. The predicted octanol–water partition coefficient (Wildman–Crippen LogP) is 3.08. The van der Waals surface area contributed by atoms with Gasteiger partial charge in [0, 0.05) is 36.2 Å². The lowest BCUT2D eigenvalue weighted by atomic mass is 10.0. The average Bonchev–Trinajstić information content (AvgIpc) is 2.96. The van der Waals surface area contributed by atoms with Crippen LogP contribution in [0, 0.1) is 5.82 Å². The number of hydrogen-bond acceptors (Lipinski definition) is 4. The molecule has 0 radical (unpaired) electrons. The Morgan fingerprint density at radius 2 is 2.09 bits per heavy atom. The first-order valence-corrected chi connectivity index (χ1v) is 7.61. The summed E-state index contributed by atoms with van der Waals surface area (Å²) < 4.78 is 13.6. The topological polar surface area (TPSA) is 49.2 Å². The SMILES string of the molecule is O[C@H]1C[C@H](c2cccc(F)c2)N(c2ccnc3ccncc23)C1. The summed E-state index contributed by atoms with van der Waals surface area (Å²) in [7, 11) is 0. The second-order valence-corrected chi connectivity index (χ2v) is 5.84. The quantitative estimate of drug-likeness (QED) is 0.790. The lowest BCUT2D eigenvalue weighted by Crippen LogP contribution is -2.24. The van der Waals surface area contributed by atoms with Crippen molar-refractivity contribution in [1.82, 2.24) is 9.97 Å². The monoisotopic (exact) mass is 309 g/mol. The number of pyridine rings is 2. The number of halogens is 1. The highest BCUT2D eigenvalue weighted by atomic mass is 19.1. The minimum atomic E-state index is -0.442. The molecule has 2 atom stereocenters. The first-order chi connectivity index (χ1) is 11.2. The van der Waals surface area contributed by atoms with E-state index in [4.69, 9.17) is 0 Å². The highest BCUT2D eigenvalue weighted by Gasteiger charge is 2.33. The van der Waals surface area contributed by atoms with Crippen molar-refractivity contribution in [2.75, 3.05) is 11.4 Å². The van der Waals surface area contributed by atoms with Crippen LogP contribution in [-0.4, -0.2) is 27.7 Å². The van der Waals surface area contributed by atoms with E-state index in [0.29, 0.717) is 13.0 Å². The molecule has 1 aliphatic heterocycles. The molecular weight excluding hydrogens is 293 g/mol. The molecule has 0 amide bonds. The van der Waals surface area contributed by atoms with Gasteiger partial charge < -0.3 is 10.0 Å². The van der Waals surface area contributed by atoms with E-state index in [1.807, 2.05) is 18.2 Å². The molecule has 4 rings (SSSR count). The van der Waals surface area contributed by atoms with Crippen LogP contribution in [0.4, 0.5) is 10.1 Å². The third-order valence-electron chi connectivity index (χ3n) is 4.34. The van der Waals surface area contributed by atoms with Gasteiger partial charge in [0.2, 0.25) is 0 Å². The van der Waals surface area contributed by atoms with Gasteiger partial charge in [-0.1, -0.05) is 12.1 Å². The zero-order valence-electron chi connectivity index (χ0n) is 12.4. The Morgan fingerprint density at radius 1 is 1.17 bits per heavy atom. The summed E-state index contributed by atoms with van der Waals surface area (Å²) in [6.45, 7) is 0.509. The van der Waals surface area contributed by atoms with E-state index in [1.54, 1.807) is 24.7 Å². The molecule has 5 heteroatoms. The molecule has 3 heterocycles. The van der Waals surface area contributed by atoms with Crippen molar-refractivity contribution in [2.24, 2.45) is 0 Å². The van der Waals surface area contributed by atoms with Crippen LogP contribution in [0.15, 0.2) is 55.0 Å². The summed E-state index contributed by atoms with van der Waals surface area (Å²) in [5, 5.41) is 11.1. The number of aliphatic hydroxyl groups is 1. The molecule has 1 fully saturated rings. The molecule has 1 saturated heterocycles. The number of anilines is 1. The van der Waals surface area contributed by atoms with Gasteiger partial charge in [0.1, 0.15) is 5.82 Å². The lowest BCUT2D eigenvalue weighted by molar-refractivity contribution is 0.194. The van der Waals surface area contributed by atoms with E-state index >= 15 is 0 Å². The Bertz CT molecular complexity index is 849. The Labute approximate surface area is 133 Å². The molecule has 3 aromatic rings. The molecule has 1 aromatic carbocycles. The normalized spacial score (nSPS) is 21.0. The fourth-order valence-electron chi connectivity index (χ4n) is 3.34. The lowest BCUT2D eigenvalue weighted by Gasteiger charge is -2.27. The Morgan fingerprint density at radius 3 is 2.96 bits per heavy atom. The van der Waals surface area contributed by atoms with Crippen molar-refractivity contribution in [3.05, 3.63) is 66.4 Å². The van der Waals surface area contributed by atoms with Crippen molar-refractivity contribution in [2.45, 2.75) is 18.6 Å². The van der Waals surface area contributed by atoms with Crippen LogP contribution in [0.5, 0.6) is 0 Å². The second kappa shape index (κ2) is 5.59. The maximum Gasteiger partial charge on any atom is 0.123 e. The number of benzene rings is 1. The summed E-state index contributed by atoms with van der Waals surface area (Å²) in [4.78, 5) is 10.7. The van der Waals surface area contributed by atoms with Gasteiger partial charge in [0.25, 0.3) is 0 Å². The molecule has 116 valence electrons. The van der Waals surface area contributed by atoms with E-state index in [1.165, 1.54) is 12.1 Å². The van der Waals surface area contributed by atoms with Crippen molar-refractivity contribution in [3.8, 4) is 0 Å². The molecule has 0 saturated carbocycles. The van der Waals surface area contributed by atoms with E-state index in [9.17, 15) is 9.50 Å². The van der Waals surface area contributed by atoms with Crippen molar-refractivity contribution < 1.29 is 9.50 Å². The molecule has 23 heavy (non-hydrogen) atoms. The zero-order valence-corrected chi connectivity index (χ0v) is 12.4. The molecule has 1 aliphatic rings. The maximum atomic E-state index is 13.6. The minimum Gasteiger partial charge on any atom is -0.391 e. The molecule has 4 nitrogen and oxygen atoms in total. The molecule has 1 N–H and O–H groups in total. The standard InChI is InChI=1S/C18H16FN3O/c19-13-3-1-2-12(8-13)18-9-14(23)11-22(18)17-5-7-21-16-4-6-20-10-15(16)17/h1-8,10,14,18,23H,9,11H2/t14-,18+/m0/s1. The van der Waals surface area contributed by atoms with Gasteiger partial charge in [0.15, 0.2) is 0 Å². The highest BCUT2D eigenvalue weighted by Crippen LogP contribution is 2.38. The molecule has 0 spiro atoms. The predicted molar refractivity (Wildman–Crippen MR) is 86.6 cm³/mol. The summed E-state index contributed by atoms with van der Waals surface area (Å²) in [5.41, 5.74) is 2.70. The van der Waals surface area contributed by atoms with Crippen molar-refractivity contribution in [3.63, 3.8) is 0 Å². The minimum absolute atomic E-state index is 0.0634. The smallest absolute Gasteiger partial charge is 0.123 e. The Balaban J connectivity index is 1.82. The number of β-amino-alcohol motifs (C(OH)–C–C–N with tert-alkyl or cyclic N) is 1. The fourth-order valence-corrected chi connectivity index (χ4v) is 3.34. The maximum absolute atomic E-state index is 13.6. The summed E-state index contributed by atoms with van der Waals surface area (Å²) in [6, 6.07) is 10.3. The van der Waals surface area contributed by atoms with Crippen LogP contribution in [0.1, 0.15) is 18.0 Å². The van der Waals surface area contributed by atoms with Crippen LogP contribution in [0.2, 0.25) is 0 Å². The van der Waals surface area contributed by atoms with Crippen LogP contribution in [0.25, 0.3) is 10.9 Å². The van der Waals surface area contributed by atoms with Crippen molar-refractivity contribution >= 4 is 16.6 Å². The highest BCUT2D eigenvalue weighted by molar-refractivity contribution is 5.91. The summed E-state index contributed by atoms with van der Waals surface area (Å²) in [5.74, 6) is -0.259. The molecule has 0 aliphatic carbocycles. The molecule has 0 unspecified atom stereocenters. The van der Waals surface area contributed by atoms with Gasteiger partial charge in [-0.05, 0) is 36.2 Å². The van der Waals surface area contributed by atoms with Crippen molar-refractivity contribution in [1.29, 1.82) is 0 Å². The molecule has 0 bridgehead atoms. The van der Waals surface area contributed by atoms with Gasteiger partial charge in [-0.2, -0.15) is 0 Å². The zero-order chi connectivity index (χ0) is 15.8. The number of aliphatic hydroxyl groups excluding tert-OH is 1. The fraction of sp³-hybridized carbons (Fsp3) is 0.222. The van der Waals surface area contributed by atoms with Crippen LogP contribution in [-0.2, 0) is 0 Å². The number of rotatable bonds is 2. The van der Waals surface area contributed by atoms with Gasteiger partial charge in [-0.25, -0.2) is 4.39 Å². The third kappa shape index (κ3) is 2.53. The van der Waals surface area contributed by atoms with Crippen LogP contribution >= 0.6 is 0 Å². The Kier molecular flexibility index (Phi) is 3.42. The van der Waals surface area contributed by atoms with E-state index in [2.05, 4.69) is 14.9 Å². The summed E-state index contributed by atoms with van der Waals surface area (Å²) >= 11 is 0. The Hall–Kier alpha value is -2.53. The number of fused-ring (bicyclic) bond motifs is 1. The summed E-state index contributed by atoms with van der Waals surface area (Å²) in [6.07, 6.45) is 5.38. The number of aromatic nitrogens is 2. The number of hydrogen-bond donors (Lipinski definition) is 1. The average molecular weight is 309 g/mol. The van der Waals surface area contributed by atoms with E-state index in [-0.39, 0.29) is 11.9 Å². The first-order valence-electron chi connectivity index (χ1n) is 7.61. The second-order valence-electron chi connectivity index (χ2n) is 5.84. The van der Waals surface area contributed by atoms with Gasteiger partial charge in [-0.3, -0.25) is 9.97 Å². The molecular formula is C18H16FN3O. The van der Waals surface area contributed by atoms with Crippen LogP contribution < -0.4 is 4.90 Å². The first kappa shape index (κ1) is 14.1. The van der Waals surface area contributed by atoms with E-state index < -0.39 is 6.10 Å². The van der Waals surface area contributed by atoms with Gasteiger partial charge in [0.05, 0.1) is 17.7 Å². The van der Waals surface area contributed by atoms with Gasteiger partial charge in [-0.15, -0.1) is 0 Å². The van der Waals surface area contributed by atoms with Crippen LogP contribution in [0.3, 0.4) is 0 Å². The van der Waals surface area contributed by atoms with E-state index in [0.717, 1.165) is 22.2 Å². The third-order valence-corrected chi connectivity index (χ3v) is 4.34. The number of nitrogens with zero attached hydrogens (tertiary/aromatic N) is 3. The largest absolute Gasteiger partial charge is 0.391 e.